The highest BCUT2D eigenvalue weighted by Crippen LogP contribution is 2.32. The minimum Gasteiger partial charge on any atom is -0.494 e. The molecule has 1 aromatic carbocycles. The molecule has 114 valence electrons. The van der Waals surface area contributed by atoms with Crippen molar-refractivity contribution < 1.29 is 14.3 Å². The Morgan fingerprint density at radius 2 is 2.14 bits per heavy atom. The van der Waals surface area contributed by atoms with E-state index in [0.717, 1.165) is 0 Å². The van der Waals surface area contributed by atoms with Gasteiger partial charge in [-0.15, -0.1) is 0 Å². The molecule has 1 aromatic heterocycles. The fraction of sp³-hybridized carbons (Fsp3) is 0.286. The van der Waals surface area contributed by atoms with Gasteiger partial charge >= 0.3 is 0 Å². The maximum atomic E-state index is 12.4. The predicted molar refractivity (Wildman–Crippen MR) is 80.7 cm³/mol. The summed E-state index contributed by atoms with van der Waals surface area (Å²) in [6.45, 7) is 2.46. The lowest BCUT2D eigenvalue weighted by Crippen LogP contribution is -2.31. The molecule has 8 heteroatoms. The summed E-state index contributed by atoms with van der Waals surface area (Å²) in [4.78, 5) is 29.8. The first-order chi connectivity index (χ1) is 10.7. The van der Waals surface area contributed by atoms with Gasteiger partial charge in [-0.1, -0.05) is 11.8 Å². The molecule has 1 unspecified atom stereocenters. The number of hydrogen-bond acceptors (Lipinski definition) is 6. The number of nitrogens with one attached hydrogen (secondary N) is 1. The van der Waals surface area contributed by atoms with Gasteiger partial charge in [0.1, 0.15) is 17.3 Å². The summed E-state index contributed by atoms with van der Waals surface area (Å²) < 4.78 is 5.36. The number of aromatic amines is 1. The molecule has 1 N–H and O–H groups in total. The smallest absolute Gasteiger partial charge is 0.247 e. The van der Waals surface area contributed by atoms with E-state index in [1.54, 1.807) is 24.3 Å². The zero-order chi connectivity index (χ0) is 15.5. The van der Waals surface area contributed by atoms with Crippen molar-refractivity contribution >= 4 is 29.3 Å². The van der Waals surface area contributed by atoms with E-state index in [1.165, 1.54) is 23.0 Å². The van der Waals surface area contributed by atoms with E-state index < -0.39 is 5.25 Å². The number of carbonyl (C=O) groups is 2. The van der Waals surface area contributed by atoms with Gasteiger partial charge in [0.15, 0.2) is 5.16 Å². The zero-order valence-corrected chi connectivity index (χ0v) is 12.7. The third-order valence-electron chi connectivity index (χ3n) is 3.16. The Bertz CT molecular complexity index is 672. The number of hydrogen-bond donors (Lipinski definition) is 1. The summed E-state index contributed by atoms with van der Waals surface area (Å²) in [5, 5.41) is 6.46. The van der Waals surface area contributed by atoms with Crippen molar-refractivity contribution in [3.63, 3.8) is 0 Å². The normalized spacial score (nSPS) is 18.0. The standard InChI is InChI=1S/C14H14N4O3S/c1-2-21-10-5-3-9(4-6-10)18-12(19)7-11(13(18)20)22-14-15-8-16-17-14/h3-6,8,11H,2,7H2,1H3,(H,15,16,17). The number of imide groups is 1. The summed E-state index contributed by atoms with van der Waals surface area (Å²) in [7, 11) is 0. The van der Waals surface area contributed by atoms with Crippen molar-refractivity contribution in [2.75, 3.05) is 11.5 Å². The first-order valence-corrected chi connectivity index (χ1v) is 7.68. The summed E-state index contributed by atoms with van der Waals surface area (Å²) in [5.74, 6) is 0.250. The molecule has 2 aromatic rings. The van der Waals surface area contributed by atoms with Crippen LogP contribution in [-0.4, -0.2) is 38.9 Å². The van der Waals surface area contributed by atoms with Crippen LogP contribution in [0.15, 0.2) is 35.7 Å². The fourth-order valence-electron chi connectivity index (χ4n) is 2.21. The first kappa shape index (κ1) is 14.6. The van der Waals surface area contributed by atoms with Crippen LogP contribution in [0.1, 0.15) is 13.3 Å². The molecule has 2 amide bonds. The Morgan fingerprint density at radius 3 is 2.77 bits per heavy atom. The Labute approximate surface area is 131 Å². The number of nitrogens with zero attached hydrogens (tertiary/aromatic N) is 3. The van der Waals surface area contributed by atoms with Crippen LogP contribution in [0.3, 0.4) is 0 Å². The van der Waals surface area contributed by atoms with E-state index in [2.05, 4.69) is 15.2 Å². The minimum atomic E-state index is -0.480. The summed E-state index contributed by atoms with van der Waals surface area (Å²) >= 11 is 1.21. The molecule has 0 aliphatic carbocycles. The fourth-order valence-corrected chi connectivity index (χ4v) is 3.13. The summed E-state index contributed by atoms with van der Waals surface area (Å²) in [6.07, 6.45) is 1.52. The van der Waals surface area contributed by atoms with Gasteiger partial charge in [-0.2, -0.15) is 5.10 Å². The second-order valence-corrected chi connectivity index (χ2v) is 5.79. The molecular weight excluding hydrogens is 304 g/mol. The zero-order valence-electron chi connectivity index (χ0n) is 11.9. The first-order valence-electron chi connectivity index (χ1n) is 6.80. The van der Waals surface area contributed by atoms with E-state index in [4.69, 9.17) is 4.74 Å². The quantitative estimate of drug-likeness (QED) is 0.843. The molecule has 1 aliphatic rings. The van der Waals surface area contributed by atoms with Crippen LogP contribution in [-0.2, 0) is 9.59 Å². The molecule has 0 radical (unpaired) electrons. The van der Waals surface area contributed by atoms with Crippen LogP contribution in [0.2, 0.25) is 0 Å². The molecule has 1 atom stereocenters. The molecule has 1 fully saturated rings. The van der Waals surface area contributed by atoms with Crippen LogP contribution in [0.25, 0.3) is 0 Å². The van der Waals surface area contributed by atoms with Gasteiger partial charge in [-0.3, -0.25) is 14.7 Å². The molecule has 0 bridgehead atoms. The van der Waals surface area contributed by atoms with Crippen molar-refractivity contribution in [1.29, 1.82) is 0 Å². The average Bonchev–Trinajstić information content (AvgIpc) is 3.10. The highest BCUT2D eigenvalue weighted by atomic mass is 32.2. The molecule has 1 saturated heterocycles. The van der Waals surface area contributed by atoms with Crippen LogP contribution in [0.4, 0.5) is 5.69 Å². The number of carbonyl (C=O) groups excluding carboxylic acids is 2. The van der Waals surface area contributed by atoms with Gasteiger partial charge in [0.05, 0.1) is 12.3 Å². The van der Waals surface area contributed by atoms with Gasteiger partial charge in [-0.05, 0) is 31.2 Å². The lowest BCUT2D eigenvalue weighted by molar-refractivity contribution is -0.121. The minimum absolute atomic E-state index is 0.150. The van der Waals surface area contributed by atoms with Crippen LogP contribution in [0, 0.1) is 0 Å². The van der Waals surface area contributed by atoms with E-state index in [1.807, 2.05) is 6.92 Å². The van der Waals surface area contributed by atoms with E-state index >= 15 is 0 Å². The molecular formula is C14H14N4O3S. The topological polar surface area (TPSA) is 88.2 Å². The van der Waals surface area contributed by atoms with Gasteiger partial charge in [0, 0.05) is 6.42 Å². The average molecular weight is 318 g/mol. The maximum absolute atomic E-state index is 12.4. The number of rotatable bonds is 5. The second-order valence-electron chi connectivity index (χ2n) is 4.60. The van der Waals surface area contributed by atoms with Crippen LogP contribution >= 0.6 is 11.8 Å². The van der Waals surface area contributed by atoms with Gasteiger partial charge in [-0.25, -0.2) is 9.88 Å². The number of ether oxygens (including phenoxy) is 1. The Morgan fingerprint density at radius 1 is 1.36 bits per heavy atom. The number of benzene rings is 1. The third-order valence-corrected chi connectivity index (χ3v) is 4.23. The van der Waals surface area contributed by atoms with Crippen molar-refractivity contribution in [2.45, 2.75) is 23.8 Å². The van der Waals surface area contributed by atoms with Gasteiger partial charge in [0.25, 0.3) is 0 Å². The Balaban J connectivity index is 1.76. The predicted octanol–water partition coefficient (Wildman–Crippen LogP) is 1.63. The number of anilines is 1. The van der Waals surface area contributed by atoms with Crippen LogP contribution < -0.4 is 9.64 Å². The van der Waals surface area contributed by atoms with Gasteiger partial charge in [0.2, 0.25) is 11.8 Å². The number of aromatic nitrogens is 3. The summed E-state index contributed by atoms with van der Waals surface area (Å²) in [6, 6.07) is 6.91. The van der Waals surface area contributed by atoms with Crippen molar-refractivity contribution in [1.82, 2.24) is 15.2 Å². The monoisotopic (exact) mass is 318 g/mol. The van der Waals surface area contributed by atoms with Gasteiger partial charge < -0.3 is 4.74 Å². The molecule has 7 nitrogen and oxygen atoms in total. The van der Waals surface area contributed by atoms with Crippen molar-refractivity contribution in [3.8, 4) is 5.75 Å². The largest absolute Gasteiger partial charge is 0.494 e. The van der Waals surface area contributed by atoms with Crippen molar-refractivity contribution in [3.05, 3.63) is 30.6 Å². The highest BCUT2D eigenvalue weighted by Gasteiger charge is 2.40. The van der Waals surface area contributed by atoms with E-state index in [0.29, 0.717) is 23.2 Å². The third kappa shape index (κ3) is 2.82. The molecule has 3 rings (SSSR count). The molecule has 22 heavy (non-hydrogen) atoms. The number of thioether (sulfide) groups is 1. The lowest BCUT2D eigenvalue weighted by atomic mass is 10.3. The van der Waals surface area contributed by atoms with Crippen LogP contribution in [0.5, 0.6) is 5.75 Å². The summed E-state index contributed by atoms with van der Waals surface area (Å²) in [5.41, 5.74) is 0.555. The number of H-pyrrole nitrogens is 1. The molecule has 0 saturated carbocycles. The number of amides is 2. The van der Waals surface area contributed by atoms with E-state index in [-0.39, 0.29) is 18.2 Å². The highest BCUT2D eigenvalue weighted by molar-refractivity contribution is 8.00. The maximum Gasteiger partial charge on any atom is 0.247 e. The second kappa shape index (κ2) is 6.18. The Kier molecular flexibility index (Phi) is 4.10. The molecule has 1 aliphatic heterocycles. The Hall–Kier alpha value is -2.35. The molecule has 0 spiro atoms. The van der Waals surface area contributed by atoms with Crippen molar-refractivity contribution in [2.24, 2.45) is 0 Å². The SMILES string of the molecule is CCOc1ccc(N2C(=O)CC(Sc3ncn[nH]3)C2=O)cc1. The van der Waals surface area contributed by atoms with E-state index in [9.17, 15) is 9.59 Å². The lowest BCUT2D eigenvalue weighted by Gasteiger charge is -2.15. The molecule has 2 heterocycles.